The van der Waals surface area contributed by atoms with E-state index in [2.05, 4.69) is 61.6 Å². The first-order valence-corrected chi connectivity index (χ1v) is 7.19. The molecule has 2 aromatic rings. The van der Waals surface area contributed by atoms with Gasteiger partial charge >= 0.3 is 0 Å². The molecule has 2 heteroatoms. The maximum atomic E-state index is 3.54. The van der Waals surface area contributed by atoms with Crippen LogP contribution in [0.15, 0.2) is 47.4 Å². The number of aryl methyl sites for hydroxylation is 2. The summed E-state index contributed by atoms with van der Waals surface area (Å²) in [5, 5.41) is 4.05. The lowest BCUT2D eigenvalue weighted by Crippen LogP contribution is -2.16. The maximum Gasteiger partial charge on any atom is 0.0520 e. The van der Waals surface area contributed by atoms with Crippen molar-refractivity contribution >= 4 is 17.4 Å². The van der Waals surface area contributed by atoms with E-state index in [1.54, 1.807) is 0 Å². The molecular weight excluding hydrogens is 238 g/mol. The van der Waals surface area contributed by atoms with Gasteiger partial charge in [0.15, 0.2) is 0 Å². The Balaban J connectivity index is 1.94. The minimum Gasteiger partial charge on any atom is -0.383 e. The van der Waals surface area contributed by atoms with Crippen molar-refractivity contribution in [2.45, 2.75) is 24.0 Å². The van der Waals surface area contributed by atoms with Crippen LogP contribution in [0.4, 0.5) is 5.69 Å². The summed E-state index contributed by atoms with van der Waals surface area (Å²) in [6.45, 7) is 5.37. The molecule has 2 aromatic carbocycles. The number of thioether (sulfide) groups is 1. The second-order valence-corrected chi connectivity index (χ2v) is 6.09. The summed E-state index contributed by atoms with van der Waals surface area (Å²) in [6.07, 6.45) is 0. The van der Waals surface area contributed by atoms with Gasteiger partial charge in [0.05, 0.1) is 5.25 Å². The molecule has 3 rings (SSSR count). The van der Waals surface area contributed by atoms with E-state index in [-0.39, 0.29) is 0 Å². The number of para-hydroxylation sites is 1. The van der Waals surface area contributed by atoms with Crippen molar-refractivity contribution in [1.82, 2.24) is 0 Å². The van der Waals surface area contributed by atoms with Gasteiger partial charge in [0.1, 0.15) is 0 Å². The quantitative estimate of drug-likeness (QED) is 0.801. The van der Waals surface area contributed by atoms with Crippen LogP contribution in [0.25, 0.3) is 0 Å². The lowest BCUT2D eigenvalue weighted by atomic mass is 10.0. The fraction of sp³-hybridized carbons (Fsp3) is 0.250. The molecule has 0 fully saturated rings. The van der Waals surface area contributed by atoms with Gasteiger partial charge in [-0.3, -0.25) is 0 Å². The molecule has 1 aliphatic rings. The number of fused-ring (bicyclic) bond motifs is 1. The Hall–Kier alpha value is -1.41. The number of hydrogen-bond donors (Lipinski definition) is 1. The molecule has 0 bridgehead atoms. The van der Waals surface area contributed by atoms with Crippen molar-refractivity contribution in [1.29, 1.82) is 0 Å². The molecule has 18 heavy (non-hydrogen) atoms. The minimum atomic E-state index is 0.514. The number of anilines is 1. The number of benzene rings is 2. The predicted octanol–water partition coefficient (Wildman–Crippen LogP) is 4.56. The molecule has 0 saturated heterocycles. The largest absolute Gasteiger partial charge is 0.383 e. The zero-order valence-corrected chi connectivity index (χ0v) is 11.6. The van der Waals surface area contributed by atoms with Crippen LogP contribution in [-0.2, 0) is 0 Å². The van der Waals surface area contributed by atoms with Crippen LogP contribution in [0.3, 0.4) is 0 Å². The zero-order valence-electron chi connectivity index (χ0n) is 10.7. The molecule has 0 amide bonds. The highest BCUT2D eigenvalue weighted by molar-refractivity contribution is 7.99. The Morgan fingerprint density at radius 3 is 2.83 bits per heavy atom. The first-order valence-electron chi connectivity index (χ1n) is 6.31. The van der Waals surface area contributed by atoms with Gasteiger partial charge in [0.2, 0.25) is 0 Å². The van der Waals surface area contributed by atoms with Crippen LogP contribution in [0.1, 0.15) is 21.9 Å². The third kappa shape index (κ3) is 2.13. The molecule has 0 aromatic heterocycles. The summed E-state index contributed by atoms with van der Waals surface area (Å²) < 4.78 is 0. The van der Waals surface area contributed by atoms with E-state index in [1.807, 2.05) is 11.8 Å². The highest BCUT2D eigenvalue weighted by Crippen LogP contribution is 2.43. The van der Waals surface area contributed by atoms with Crippen LogP contribution >= 0.6 is 11.8 Å². The fourth-order valence-electron chi connectivity index (χ4n) is 2.39. The van der Waals surface area contributed by atoms with Crippen molar-refractivity contribution < 1.29 is 0 Å². The SMILES string of the molecule is Cc1ccc(C)c(C2CNc3ccccc3S2)c1. The minimum absolute atomic E-state index is 0.514. The number of nitrogens with one attached hydrogen (secondary N) is 1. The van der Waals surface area contributed by atoms with Crippen molar-refractivity contribution in [2.24, 2.45) is 0 Å². The van der Waals surface area contributed by atoms with Gasteiger partial charge in [-0.25, -0.2) is 0 Å². The standard InChI is InChI=1S/C16H17NS/c1-11-7-8-12(2)13(9-11)16-10-17-14-5-3-4-6-15(14)18-16/h3-9,16-17H,10H2,1-2H3. The van der Waals surface area contributed by atoms with E-state index < -0.39 is 0 Å². The van der Waals surface area contributed by atoms with Gasteiger partial charge < -0.3 is 5.32 Å². The molecule has 1 nitrogen and oxygen atoms in total. The van der Waals surface area contributed by atoms with Crippen LogP contribution in [0, 0.1) is 13.8 Å². The summed E-state index contributed by atoms with van der Waals surface area (Å²) >= 11 is 1.97. The molecule has 1 unspecified atom stereocenters. The summed E-state index contributed by atoms with van der Waals surface area (Å²) in [4.78, 5) is 1.36. The highest BCUT2D eigenvalue weighted by atomic mass is 32.2. The lowest BCUT2D eigenvalue weighted by Gasteiger charge is -2.27. The first kappa shape index (κ1) is 11.7. The van der Waals surface area contributed by atoms with E-state index in [0.29, 0.717) is 5.25 Å². The second-order valence-electron chi connectivity index (χ2n) is 4.84. The van der Waals surface area contributed by atoms with Crippen LogP contribution in [0.2, 0.25) is 0 Å². The molecular formula is C16H17NS. The van der Waals surface area contributed by atoms with Gasteiger partial charge in [-0.1, -0.05) is 35.9 Å². The Morgan fingerprint density at radius 2 is 1.94 bits per heavy atom. The van der Waals surface area contributed by atoms with Gasteiger partial charge in [-0.15, -0.1) is 11.8 Å². The van der Waals surface area contributed by atoms with Crippen LogP contribution in [-0.4, -0.2) is 6.54 Å². The molecule has 1 heterocycles. The summed E-state index contributed by atoms with van der Waals surface area (Å²) in [7, 11) is 0. The first-order chi connectivity index (χ1) is 8.74. The third-order valence-electron chi connectivity index (χ3n) is 3.42. The van der Waals surface area contributed by atoms with Crippen molar-refractivity contribution in [2.75, 3.05) is 11.9 Å². The van der Waals surface area contributed by atoms with Gasteiger partial charge in [-0.2, -0.15) is 0 Å². The molecule has 1 aliphatic heterocycles. The van der Waals surface area contributed by atoms with Crippen molar-refractivity contribution in [3.63, 3.8) is 0 Å². The van der Waals surface area contributed by atoms with Crippen molar-refractivity contribution in [3.8, 4) is 0 Å². The Labute approximate surface area is 113 Å². The van der Waals surface area contributed by atoms with Crippen LogP contribution in [0.5, 0.6) is 0 Å². The van der Waals surface area contributed by atoms with Gasteiger partial charge in [0.25, 0.3) is 0 Å². The summed E-state index contributed by atoms with van der Waals surface area (Å²) in [5.41, 5.74) is 5.46. The molecule has 1 atom stereocenters. The summed E-state index contributed by atoms with van der Waals surface area (Å²) in [5.74, 6) is 0. The second kappa shape index (κ2) is 4.69. The number of rotatable bonds is 1. The highest BCUT2D eigenvalue weighted by Gasteiger charge is 2.21. The third-order valence-corrected chi connectivity index (χ3v) is 4.73. The fourth-order valence-corrected chi connectivity index (χ4v) is 3.67. The van der Waals surface area contributed by atoms with Gasteiger partial charge in [0, 0.05) is 17.1 Å². The molecule has 0 spiro atoms. The van der Waals surface area contributed by atoms with E-state index in [9.17, 15) is 0 Å². The van der Waals surface area contributed by atoms with E-state index in [1.165, 1.54) is 27.3 Å². The molecule has 0 saturated carbocycles. The Bertz CT molecular complexity index is 577. The predicted molar refractivity (Wildman–Crippen MR) is 79.4 cm³/mol. The molecule has 92 valence electrons. The lowest BCUT2D eigenvalue weighted by molar-refractivity contribution is 0.951. The molecule has 0 radical (unpaired) electrons. The topological polar surface area (TPSA) is 12.0 Å². The van der Waals surface area contributed by atoms with E-state index >= 15 is 0 Å². The van der Waals surface area contributed by atoms with E-state index in [4.69, 9.17) is 0 Å². The normalized spacial score (nSPS) is 18.0. The number of hydrogen-bond acceptors (Lipinski definition) is 2. The average Bonchev–Trinajstić information content (AvgIpc) is 2.41. The maximum absolute atomic E-state index is 3.54. The average molecular weight is 255 g/mol. The van der Waals surface area contributed by atoms with Gasteiger partial charge in [-0.05, 0) is 37.1 Å². The van der Waals surface area contributed by atoms with Crippen molar-refractivity contribution in [3.05, 3.63) is 59.2 Å². The smallest absolute Gasteiger partial charge is 0.0520 e. The Morgan fingerprint density at radius 1 is 1.11 bits per heavy atom. The zero-order chi connectivity index (χ0) is 12.5. The molecule has 0 aliphatic carbocycles. The Kier molecular flexibility index (Phi) is 3.04. The molecule has 1 N–H and O–H groups in total. The van der Waals surface area contributed by atoms with E-state index in [0.717, 1.165) is 6.54 Å². The van der Waals surface area contributed by atoms with Crippen LogP contribution < -0.4 is 5.32 Å². The monoisotopic (exact) mass is 255 g/mol. The summed E-state index contributed by atoms with van der Waals surface area (Å²) in [6, 6.07) is 15.3.